The summed E-state index contributed by atoms with van der Waals surface area (Å²) >= 11 is 0. The molecule has 1 aromatic rings. The molecule has 0 fully saturated rings. The molecular formula is C15H25NO3S. The van der Waals surface area contributed by atoms with E-state index in [2.05, 4.69) is 12.2 Å². The Kier molecular flexibility index (Phi) is 6.49. The fraction of sp³-hybridized carbons (Fsp3) is 0.600. The van der Waals surface area contributed by atoms with Gasteiger partial charge in [0.1, 0.15) is 15.6 Å². The average Bonchev–Trinajstić information content (AvgIpc) is 2.33. The van der Waals surface area contributed by atoms with E-state index in [4.69, 9.17) is 4.74 Å². The maximum atomic E-state index is 11.6. The number of benzene rings is 1. The maximum Gasteiger partial charge on any atom is 0.149 e. The van der Waals surface area contributed by atoms with Crippen molar-refractivity contribution >= 4 is 9.84 Å². The molecule has 1 atom stereocenters. The second-order valence-corrected chi connectivity index (χ2v) is 7.49. The lowest BCUT2D eigenvalue weighted by molar-refractivity contribution is 0.238. The van der Waals surface area contributed by atoms with Crippen LogP contribution in [0.2, 0.25) is 0 Å². The van der Waals surface area contributed by atoms with Gasteiger partial charge in [0.25, 0.3) is 0 Å². The van der Waals surface area contributed by atoms with Gasteiger partial charge in [-0.3, -0.25) is 0 Å². The molecule has 1 aromatic carbocycles. The van der Waals surface area contributed by atoms with E-state index in [-0.39, 0.29) is 17.9 Å². The van der Waals surface area contributed by atoms with E-state index in [0.717, 1.165) is 24.3 Å². The molecule has 114 valence electrons. The highest BCUT2D eigenvalue weighted by atomic mass is 32.2. The first kappa shape index (κ1) is 17.0. The molecule has 1 N–H and O–H groups in total. The van der Waals surface area contributed by atoms with E-state index in [9.17, 15) is 8.42 Å². The summed E-state index contributed by atoms with van der Waals surface area (Å²) in [6, 6.07) is 7.39. The van der Waals surface area contributed by atoms with Crippen LogP contribution in [-0.4, -0.2) is 33.1 Å². The van der Waals surface area contributed by atoms with E-state index in [1.807, 2.05) is 38.1 Å². The molecule has 0 amide bonds. The Morgan fingerprint density at radius 1 is 1.25 bits per heavy atom. The lowest BCUT2D eigenvalue weighted by Gasteiger charge is -2.22. The molecule has 0 bridgehead atoms. The van der Waals surface area contributed by atoms with Crippen LogP contribution in [0, 0.1) is 0 Å². The zero-order chi connectivity index (χ0) is 15.2. The van der Waals surface area contributed by atoms with Gasteiger partial charge in [-0.05, 0) is 32.9 Å². The lowest BCUT2D eigenvalue weighted by Crippen LogP contribution is -2.29. The lowest BCUT2D eigenvalue weighted by atomic mass is 10.1. The molecule has 20 heavy (non-hydrogen) atoms. The normalized spacial score (nSPS) is 13.4. The third kappa shape index (κ3) is 5.92. The van der Waals surface area contributed by atoms with Crippen molar-refractivity contribution in [1.29, 1.82) is 0 Å². The van der Waals surface area contributed by atoms with Gasteiger partial charge in [-0.25, -0.2) is 8.42 Å². The summed E-state index contributed by atoms with van der Waals surface area (Å²) in [5, 5.41) is 3.30. The zero-order valence-corrected chi connectivity index (χ0v) is 13.5. The van der Waals surface area contributed by atoms with Gasteiger partial charge in [0.15, 0.2) is 0 Å². The zero-order valence-electron chi connectivity index (χ0n) is 12.7. The number of ether oxygens (including phenoxy) is 1. The summed E-state index contributed by atoms with van der Waals surface area (Å²) in [6.07, 6.45) is 2.27. The van der Waals surface area contributed by atoms with Crippen molar-refractivity contribution in [3.05, 3.63) is 29.8 Å². The van der Waals surface area contributed by atoms with Gasteiger partial charge in [0.2, 0.25) is 0 Å². The molecule has 5 heteroatoms. The van der Waals surface area contributed by atoms with Crippen molar-refractivity contribution in [2.45, 2.75) is 39.3 Å². The second-order valence-electron chi connectivity index (χ2n) is 5.30. The van der Waals surface area contributed by atoms with Gasteiger partial charge in [0.05, 0.1) is 11.9 Å². The molecule has 0 radical (unpaired) electrons. The van der Waals surface area contributed by atoms with Crippen molar-refractivity contribution in [2.75, 3.05) is 18.6 Å². The summed E-state index contributed by atoms with van der Waals surface area (Å²) in [5.74, 6) is 0.825. The van der Waals surface area contributed by atoms with Crippen molar-refractivity contribution in [1.82, 2.24) is 5.32 Å². The van der Waals surface area contributed by atoms with E-state index in [1.165, 1.54) is 6.26 Å². The minimum Gasteiger partial charge on any atom is -0.491 e. The number of para-hydroxylation sites is 1. The first-order chi connectivity index (χ1) is 9.33. The van der Waals surface area contributed by atoms with E-state index in [1.54, 1.807) is 0 Å². The van der Waals surface area contributed by atoms with Crippen molar-refractivity contribution in [2.24, 2.45) is 0 Å². The summed E-state index contributed by atoms with van der Waals surface area (Å²) in [5.41, 5.74) is 0.903. The second kappa shape index (κ2) is 7.64. The summed E-state index contributed by atoms with van der Waals surface area (Å²) in [7, 11) is -3.07. The van der Waals surface area contributed by atoms with Gasteiger partial charge in [-0.15, -0.1) is 0 Å². The highest BCUT2D eigenvalue weighted by molar-refractivity contribution is 7.90. The predicted octanol–water partition coefficient (Wildman–Crippen LogP) is 2.56. The molecular weight excluding hydrogens is 274 g/mol. The number of nitrogens with one attached hydrogen (secondary N) is 1. The molecule has 0 saturated carbocycles. The SMILES string of the molecule is CCCNC(CS(C)(=O)=O)c1ccccc1OC(C)C. The minimum absolute atomic E-state index is 0.0567. The van der Waals surface area contributed by atoms with Crippen LogP contribution in [0.1, 0.15) is 38.8 Å². The molecule has 0 heterocycles. The van der Waals surface area contributed by atoms with Crippen LogP contribution in [0.5, 0.6) is 5.75 Å². The average molecular weight is 299 g/mol. The monoisotopic (exact) mass is 299 g/mol. The summed E-state index contributed by atoms with van der Waals surface area (Å²) in [6.45, 7) is 6.75. The van der Waals surface area contributed by atoms with Gasteiger partial charge in [-0.1, -0.05) is 25.1 Å². The molecule has 0 saturated heterocycles. The van der Waals surface area contributed by atoms with Gasteiger partial charge < -0.3 is 10.1 Å². The molecule has 1 unspecified atom stereocenters. The molecule has 0 spiro atoms. The third-order valence-electron chi connectivity index (χ3n) is 2.77. The number of hydrogen-bond acceptors (Lipinski definition) is 4. The minimum atomic E-state index is -3.07. The Hall–Kier alpha value is -1.07. The fourth-order valence-electron chi connectivity index (χ4n) is 2.01. The number of rotatable bonds is 8. The van der Waals surface area contributed by atoms with Crippen molar-refractivity contribution in [3.63, 3.8) is 0 Å². The highest BCUT2D eigenvalue weighted by Gasteiger charge is 2.20. The van der Waals surface area contributed by atoms with Crippen LogP contribution in [0.3, 0.4) is 0 Å². The largest absolute Gasteiger partial charge is 0.491 e. The fourth-order valence-corrected chi connectivity index (χ4v) is 2.91. The number of hydrogen-bond donors (Lipinski definition) is 1. The maximum absolute atomic E-state index is 11.6. The van der Waals surface area contributed by atoms with Gasteiger partial charge in [-0.2, -0.15) is 0 Å². The van der Waals surface area contributed by atoms with Crippen LogP contribution >= 0.6 is 0 Å². The van der Waals surface area contributed by atoms with Gasteiger partial charge in [0, 0.05) is 17.9 Å². The first-order valence-electron chi connectivity index (χ1n) is 7.00. The van der Waals surface area contributed by atoms with Crippen LogP contribution in [-0.2, 0) is 9.84 Å². The Morgan fingerprint density at radius 3 is 2.45 bits per heavy atom. The Morgan fingerprint density at radius 2 is 1.90 bits per heavy atom. The van der Waals surface area contributed by atoms with Crippen LogP contribution < -0.4 is 10.1 Å². The topological polar surface area (TPSA) is 55.4 Å². The third-order valence-corrected chi connectivity index (χ3v) is 3.71. The highest BCUT2D eigenvalue weighted by Crippen LogP contribution is 2.27. The standard InChI is InChI=1S/C15H25NO3S/c1-5-10-16-14(11-20(4,17)18)13-8-6-7-9-15(13)19-12(2)3/h6-9,12,14,16H,5,10-11H2,1-4H3. The molecule has 0 aliphatic rings. The van der Waals surface area contributed by atoms with Crippen LogP contribution in [0.15, 0.2) is 24.3 Å². The quantitative estimate of drug-likeness (QED) is 0.801. The first-order valence-corrected chi connectivity index (χ1v) is 9.06. The Bertz CT molecular complexity index is 512. The number of sulfone groups is 1. The van der Waals surface area contributed by atoms with Crippen LogP contribution in [0.25, 0.3) is 0 Å². The molecule has 0 aliphatic carbocycles. The van der Waals surface area contributed by atoms with Crippen LogP contribution in [0.4, 0.5) is 0 Å². The molecule has 0 aromatic heterocycles. The Labute approximate surface area is 122 Å². The molecule has 4 nitrogen and oxygen atoms in total. The molecule has 0 aliphatic heterocycles. The molecule has 1 rings (SSSR count). The van der Waals surface area contributed by atoms with E-state index in [0.29, 0.717) is 0 Å². The predicted molar refractivity (Wildman–Crippen MR) is 83.0 cm³/mol. The Balaban J connectivity index is 3.05. The van der Waals surface area contributed by atoms with Crippen molar-refractivity contribution < 1.29 is 13.2 Å². The smallest absolute Gasteiger partial charge is 0.149 e. The van der Waals surface area contributed by atoms with E-state index < -0.39 is 9.84 Å². The van der Waals surface area contributed by atoms with E-state index >= 15 is 0 Å². The summed E-state index contributed by atoms with van der Waals surface area (Å²) in [4.78, 5) is 0. The van der Waals surface area contributed by atoms with Crippen molar-refractivity contribution in [3.8, 4) is 5.75 Å². The van der Waals surface area contributed by atoms with Gasteiger partial charge >= 0.3 is 0 Å². The summed E-state index contributed by atoms with van der Waals surface area (Å²) < 4.78 is 29.0.